The molecule has 3 aromatic carbocycles. The second-order valence-electron chi connectivity index (χ2n) is 8.36. The van der Waals surface area contributed by atoms with E-state index >= 15 is 0 Å². The number of methoxy groups -OCH3 is 3. The number of ether oxygens (including phenoxy) is 3. The molecule has 1 aromatic heterocycles. The number of benzene rings is 3. The van der Waals surface area contributed by atoms with E-state index in [2.05, 4.69) is 10.2 Å². The summed E-state index contributed by atoms with van der Waals surface area (Å²) >= 11 is 0. The standard InChI is InChI=1S/C28H27N3O4/c1-33-21-10-4-18(5-11-21)16-17-31-27(20-8-14-23(35-3)15-9-20)24-25(29-30-26(24)28(31)32)19-6-12-22(34-2)13-7-19/h4-15,27H,16-17H2,1-3H3,(H,29,30). The summed E-state index contributed by atoms with van der Waals surface area (Å²) in [4.78, 5) is 15.5. The number of fused-ring (bicyclic) bond motifs is 1. The second-order valence-corrected chi connectivity index (χ2v) is 8.36. The van der Waals surface area contributed by atoms with E-state index in [-0.39, 0.29) is 11.9 Å². The number of H-pyrrole nitrogens is 1. The second kappa shape index (κ2) is 9.54. The number of aromatic nitrogens is 2. The molecule has 0 radical (unpaired) electrons. The molecule has 4 aromatic rings. The van der Waals surface area contributed by atoms with Gasteiger partial charge in [0.05, 0.1) is 33.1 Å². The smallest absolute Gasteiger partial charge is 0.273 e. The van der Waals surface area contributed by atoms with Crippen LogP contribution in [0.5, 0.6) is 17.2 Å². The Morgan fingerprint density at radius 2 is 1.34 bits per heavy atom. The Morgan fingerprint density at radius 1 is 0.800 bits per heavy atom. The van der Waals surface area contributed by atoms with Crippen LogP contribution in [0.1, 0.15) is 33.2 Å². The van der Waals surface area contributed by atoms with E-state index in [1.807, 2.05) is 77.7 Å². The number of aromatic amines is 1. The van der Waals surface area contributed by atoms with Crippen LogP contribution in [0.4, 0.5) is 0 Å². The average Bonchev–Trinajstić information content (AvgIpc) is 3.46. The first-order valence-electron chi connectivity index (χ1n) is 11.4. The summed E-state index contributed by atoms with van der Waals surface area (Å²) in [5.41, 5.74) is 5.25. The number of rotatable bonds is 8. The van der Waals surface area contributed by atoms with Crippen molar-refractivity contribution in [3.8, 4) is 28.5 Å². The fraction of sp³-hybridized carbons (Fsp3) is 0.214. The van der Waals surface area contributed by atoms with E-state index in [4.69, 9.17) is 14.2 Å². The quantitative estimate of drug-likeness (QED) is 0.398. The SMILES string of the molecule is COc1ccc(CCN2C(=O)c3[nH]nc(-c4ccc(OC)cc4)c3C2c2ccc(OC)cc2)cc1. The molecule has 7 nitrogen and oxygen atoms in total. The molecule has 35 heavy (non-hydrogen) atoms. The number of hydrogen-bond acceptors (Lipinski definition) is 5. The van der Waals surface area contributed by atoms with Crippen molar-refractivity contribution in [2.45, 2.75) is 12.5 Å². The van der Waals surface area contributed by atoms with E-state index in [1.165, 1.54) is 0 Å². The summed E-state index contributed by atoms with van der Waals surface area (Å²) in [6.45, 7) is 0.562. The van der Waals surface area contributed by atoms with Gasteiger partial charge >= 0.3 is 0 Å². The van der Waals surface area contributed by atoms with Gasteiger partial charge in [-0.3, -0.25) is 9.89 Å². The summed E-state index contributed by atoms with van der Waals surface area (Å²) < 4.78 is 15.9. The normalized spacial score (nSPS) is 14.7. The predicted molar refractivity (Wildman–Crippen MR) is 133 cm³/mol. The Morgan fingerprint density at radius 3 is 1.91 bits per heavy atom. The zero-order valence-electron chi connectivity index (χ0n) is 19.9. The molecule has 0 saturated heterocycles. The topological polar surface area (TPSA) is 76.7 Å². The molecule has 2 heterocycles. The number of nitrogens with zero attached hydrogens (tertiary/aromatic N) is 2. The number of carbonyl (C=O) groups is 1. The van der Waals surface area contributed by atoms with E-state index in [0.717, 1.165) is 51.6 Å². The first-order valence-corrected chi connectivity index (χ1v) is 11.4. The first-order chi connectivity index (χ1) is 17.1. The van der Waals surface area contributed by atoms with Gasteiger partial charge in [0.1, 0.15) is 22.9 Å². The van der Waals surface area contributed by atoms with E-state index < -0.39 is 0 Å². The van der Waals surface area contributed by atoms with Gasteiger partial charge in [-0.25, -0.2) is 0 Å². The molecule has 1 unspecified atom stereocenters. The molecule has 178 valence electrons. The molecule has 1 N–H and O–H groups in total. The van der Waals surface area contributed by atoms with Crippen LogP contribution in [0, 0.1) is 0 Å². The Hall–Kier alpha value is -4.26. The Bertz CT molecular complexity index is 1310. The van der Waals surface area contributed by atoms with Gasteiger partial charge in [0.2, 0.25) is 0 Å². The lowest BCUT2D eigenvalue weighted by atomic mass is 9.95. The lowest BCUT2D eigenvalue weighted by Gasteiger charge is -2.26. The lowest BCUT2D eigenvalue weighted by Crippen LogP contribution is -2.31. The van der Waals surface area contributed by atoms with Crippen LogP contribution in [0.25, 0.3) is 11.3 Å². The summed E-state index contributed by atoms with van der Waals surface area (Å²) in [6.07, 6.45) is 0.720. The maximum atomic E-state index is 13.6. The van der Waals surface area contributed by atoms with Crippen molar-refractivity contribution in [2.75, 3.05) is 27.9 Å². The van der Waals surface area contributed by atoms with Crippen LogP contribution < -0.4 is 14.2 Å². The third-order valence-corrected chi connectivity index (χ3v) is 6.46. The average molecular weight is 470 g/mol. The fourth-order valence-electron chi connectivity index (χ4n) is 4.57. The van der Waals surface area contributed by atoms with Crippen molar-refractivity contribution in [1.82, 2.24) is 15.1 Å². The van der Waals surface area contributed by atoms with E-state index in [9.17, 15) is 4.79 Å². The Balaban J connectivity index is 1.52. The predicted octanol–water partition coefficient (Wildman–Crippen LogP) is 4.89. The number of hydrogen-bond donors (Lipinski definition) is 1. The number of nitrogens with one attached hydrogen (secondary N) is 1. The first kappa shape index (κ1) is 22.5. The molecule has 0 aliphatic carbocycles. The van der Waals surface area contributed by atoms with Crippen molar-refractivity contribution in [3.05, 3.63) is 95.2 Å². The molecule has 0 bridgehead atoms. The van der Waals surface area contributed by atoms with E-state index in [0.29, 0.717) is 12.2 Å². The van der Waals surface area contributed by atoms with Crippen molar-refractivity contribution >= 4 is 5.91 Å². The summed E-state index contributed by atoms with van der Waals surface area (Å²) in [5.74, 6) is 2.30. The molecule has 1 aliphatic heterocycles. The highest BCUT2D eigenvalue weighted by molar-refractivity contribution is 6.00. The molecule has 7 heteroatoms. The number of amides is 1. The maximum Gasteiger partial charge on any atom is 0.273 e. The monoisotopic (exact) mass is 469 g/mol. The van der Waals surface area contributed by atoms with Crippen LogP contribution in [-0.4, -0.2) is 48.9 Å². The maximum absolute atomic E-state index is 13.6. The minimum atomic E-state index is -0.266. The van der Waals surface area contributed by atoms with Crippen LogP contribution >= 0.6 is 0 Å². The highest BCUT2D eigenvalue weighted by atomic mass is 16.5. The van der Waals surface area contributed by atoms with E-state index in [1.54, 1.807) is 21.3 Å². The van der Waals surface area contributed by atoms with Gasteiger partial charge in [0, 0.05) is 17.7 Å². The summed E-state index contributed by atoms with van der Waals surface area (Å²) in [6, 6.07) is 23.3. The Kier molecular flexibility index (Phi) is 6.14. The number of carbonyl (C=O) groups excluding carboxylic acids is 1. The zero-order chi connectivity index (χ0) is 24.4. The van der Waals surface area contributed by atoms with Crippen LogP contribution in [0.2, 0.25) is 0 Å². The van der Waals surface area contributed by atoms with Crippen molar-refractivity contribution in [1.29, 1.82) is 0 Å². The van der Waals surface area contributed by atoms with Crippen LogP contribution in [0.3, 0.4) is 0 Å². The third kappa shape index (κ3) is 4.21. The zero-order valence-corrected chi connectivity index (χ0v) is 19.9. The molecule has 0 saturated carbocycles. The molecular weight excluding hydrogens is 442 g/mol. The van der Waals surface area contributed by atoms with Crippen molar-refractivity contribution in [3.63, 3.8) is 0 Å². The third-order valence-electron chi connectivity index (χ3n) is 6.46. The summed E-state index contributed by atoms with van der Waals surface area (Å²) in [7, 11) is 4.94. The molecule has 1 aliphatic rings. The minimum absolute atomic E-state index is 0.0541. The molecular formula is C28H27N3O4. The minimum Gasteiger partial charge on any atom is -0.497 e. The molecule has 1 amide bonds. The van der Waals surface area contributed by atoms with Gasteiger partial charge in [0.15, 0.2) is 0 Å². The van der Waals surface area contributed by atoms with Crippen molar-refractivity contribution in [2.24, 2.45) is 0 Å². The van der Waals surface area contributed by atoms with Gasteiger partial charge in [0.25, 0.3) is 5.91 Å². The molecule has 0 fully saturated rings. The summed E-state index contributed by atoms with van der Waals surface area (Å²) in [5, 5.41) is 7.56. The van der Waals surface area contributed by atoms with Crippen LogP contribution in [-0.2, 0) is 6.42 Å². The lowest BCUT2D eigenvalue weighted by molar-refractivity contribution is 0.0746. The van der Waals surface area contributed by atoms with Crippen molar-refractivity contribution < 1.29 is 19.0 Å². The largest absolute Gasteiger partial charge is 0.497 e. The van der Waals surface area contributed by atoms with Crippen LogP contribution in [0.15, 0.2) is 72.8 Å². The highest BCUT2D eigenvalue weighted by Gasteiger charge is 2.41. The molecule has 0 spiro atoms. The Labute approximate surface area is 204 Å². The van der Waals surface area contributed by atoms with Gasteiger partial charge in [-0.05, 0) is 66.1 Å². The van der Waals surface area contributed by atoms with Gasteiger partial charge < -0.3 is 19.1 Å². The molecule has 5 rings (SSSR count). The highest BCUT2D eigenvalue weighted by Crippen LogP contribution is 2.43. The molecule has 1 atom stereocenters. The van der Waals surface area contributed by atoms with Gasteiger partial charge in [-0.1, -0.05) is 24.3 Å². The van der Waals surface area contributed by atoms with Gasteiger partial charge in [-0.2, -0.15) is 5.10 Å². The van der Waals surface area contributed by atoms with Gasteiger partial charge in [-0.15, -0.1) is 0 Å². The fourth-order valence-corrected chi connectivity index (χ4v) is 4.57.